The van der Waals surface area contributed by atoms with Gasteiger partial charge in [-0.1, -0.05) is 27.3 Å². The summed E-state index contributed by atoms with van der Waals surface area (Å²) in [4.78, 5) is 12.7. The van der Waals surface area contributed by atoms with Crippen molar-refractivity contribution < 1.29 is 0 Å². The van der Waals surface area contributed by atoms with Gasteiger partial charge in [0.15, 0.2) is 5.82 Å². The van der Waals surface area contributed by atoms with E-state index in [-0.39, 0.29) is 10.6 Å². The Morgan fingerprint density at radius 2 is 1.00 bits per heavy atom. The molecule has 0 spiro atoms. The molecule has 0 bridgehead atoms. The highest BCUT2D eigenvalue weighted by atomic mass is 35.5. The van der Waals surface area contributed by atoms with Crippen molar-refractivity contribution in [2.45, 2.75) is 0 Å². The van der Waals surface area contributed by atoms with E-state index >= 15 is 0 Å². The molecule has 0 radical (unpaired) electrons. The van der Waals surface area contributed by atoms with Crippen LogP contribution in [0.1, 0.15) is 0 Å². The van der Waals surface area contributed by atoms with Gasteiger partial charge in [-0.2, -0.15) is 15.0 Å². The van der Waals surface area contributed by atoms with Crippen LogP contribution in [0.4, 0.5) is 0 Å². The van der Waals surface area contributed by atoms with Gasteiger partial charge in [-0.25, -0.2) is 0 Å². The number of rotatable bonds is 1. The van der Waals surface area contributed by atoms with Crippen LogP contribution in [0.5, 0.6) is 0 Å². The highest BCUT2D eigenvalue weighted by molar-refractivity contribution is 7.28. The normalized spacial score (nSPS) is 11.5. The van der Waals surface area contributed by atoms with Gasteiger partial charge in [-0.05, 0) is 34.0 Å². The average Bonchev–Trinajstić information content (AvgIpc) is 3.02. The fourth-order valence-corrected chi connectivity index (χ4v) is 5.98. The lowest BCUT2D eigenvalue weighted by molar-refractivity contribution is 1.06. The molecule has 4 rings (SSSR count). The summed E-state index contributed by atoms with van der Waals surface area (Å²) in [5, 5.41) is 2.85. The molecule has 13 heteroatoms. The van der Waals surface area contributed by atoms with Crippen molar-refractivity contribution in [3.63, 3.8) is 0 Å². The summed E-state index contributed by atoms with van der Waals surface area (Å²) in [6.45, 7) is 0. The van der Waals surface area contributed by atoms with Gasteiger partial charge in [0.05, 0.1) is 0 Å². The second kappa shape index (κ2) is 6.89. The molecular formula is C15H14B7Cl2N3S. The van der Waals surface area contributed by atoms with Crippen LogP contribution in [0.2, 0.25) is 10.6 Å². The number of benzene rings is 2. The molecule has 130 valence electrons. The molecule has 4 aromatic rings. The first-order valence-electron chi connectivity index (χ1n) is 9.13. The molecule has 3 nitrogen and oxygen atoms in total. The lowest BCUT2D eigenvalue weighted by Gasteiger charge is -2.16. The van der Waals surface area contributed by atoms with Gasteiger partial charge >= 0.3 is 0 Å². The van der Waals surface area contributed by atoms with Crippen LogP contribution in [0.25, 0.3) is 31.6 Å². The van der Waals surface area contributed by atoms with Crippen molar-refractivity contribution in [2.75, 3.05) is 0 Å². The van der Waals surface area contributed by atoms with Crippen LogP contribution in [-0.4, -0.2) is 69.9 Å². The first-order valence-corrected chi connectivity index (χ1v) is 10.7. The molecule has 0 aliphatic heterocycles. The molecule has 0 unspecified atom stereocenters. The van der Waals surface area contributed by atoms with Crippen molar-refractivity contribution in [1.82, 2.24) is 15.0 Å². The molecule has 28 heavy (non-hydrogen) atoms. The molecule has 0 amide bonds. The summed E-state index contributed by atoms with van der Waals surface area (Å²) in [7, 11) is 15.3. The van der Waals surface area contributed by atoms with Crippen molar-refractivity contribution in [3.8, 4) is 11.4 Å². The standard InChI is InChI=1S/C15H14B7Cl2N3S/c16-4-1-2-5(17)8(20)9(21)10(22)12(2)28-11(1)3(6(18)7(4)19)13-25-14(23)27-15(24)26-13/h16-22H2. The Hall–Kier alpha value is -1.30. The van der Waals surface area contributed by atoms with Crippen molar-refractivity contribution in [2.24, 2.45) is 0 Å². The lowest BCUT2D eigenvalue weighted by Crippen LogP contribution is -2.47. The monoisotopic (exact) mass is 415 g/mol. The summed E-state index contributed by atoms with van der Waals surface area (Å²) >= 11 is 14.0. The van der Waals surface area contributed by atoms with E-state index in [1.54, 1.807) is 0 Å². The number of hydrogen-bond donors (Lipinski definition) is 0. The van der Waals surface area contributed by atoms with E-state index in [0.717, 1.165) is 11.0 Å². The number of fused-ring (bicyclic) bond motifs is 3. The van der Waals surface area contributed by atoms with Crippen LogP contribution in [0, 0.1) is 0 Å². The maximum atomic E-state index is 6.10. The zero-order chi connectivity index (χ0) is 20.5. The summed E-state index contributed by atoms with van der Waals surface area (Å²) in [6.07, 6.45) is 0. The first kappa shape index (κ1) is 20.0. The number of hydrogen-bond acceptors (Lipinski definition) is 4. The number of halogens is 2. The fourth-order valence-electron chi connectivity index (χ4n) is 4.04. The van der Waals surface area contributed by atoms with Crippen molar-refractivity contribution in [1.29, 1.82) is 0 Å². The van der Waals surface area contributed by atoms with Crippen molar-refractivity contribution in [3.05, 3.63) is 10.6 Å². The molecular weight excluding hydrogens is 401 g/mol. The zero-order valence-electron chi connectivity index (χ0n) is 17.0. The van der Waals surface area contributed by atoms with Crippen LogP contribution < -0.4 is 38.2 Å². The van der Waals surface area contributed by atoms with E-state index in [2.05, 4.69) is 69.9 Å². The van der Waals surface area contributed by atoms with Gasteiger partial charge in [-0.3, -0.25) is 0 Å². The molecule has 2 aromatic heterocycles. The summed E-state index contributed by atoms with van der Waals surface area (Å²) in [5.74, 6) is 0.533. The zero-order valence-corrected chi connectivity index (χ0v) is 19.3. The van der Waals surface area contributed by atoms with Gasteiger partial charge in [0, 0.05) is 15.0 Å². The smallest absolute Gasteiger partial charge is 0.198 e. The Morgan fingerprint density at radius 3 is 1.57 bits per heavy atom. The molecule has 0 atom stereocenters. The molecule has 2 aromatic carbocycles. The van der Waals surface area contributed by atoms with Crippen LogP contribution in [-0.2, 0) is 0 Å². The van der Waals surface area contributed by atoms with E-state index in [1.165, 1.54) is 52.9 Å². The third kappa shape index (κ3) is 2.78. The van der Waals surface area contributed by atoms with Crippen LogP contribution in [0.3, 0.4) is 0 Å². The quantitative estimate of drug-likeness (QED) is 0.291. The Kier molecular flexibility index (Phi) is 4.92. The Bertz CT molecular complexity index is 1310. The van der Waals surface area contributed by atoms with E-state index in [4.69, 9.17) is 23.2 Å². The molecule has 0 aliphatic carbocycles. The van der Waals surface area contributed by atoms with Crippen LogP contribution >= 0.6 is 34.5 Å². The second-order valence-corrected chi connectivity index (χ2v) is 9.15. The summed E-state index contributed by atoms with van der Waals surface area (Å²) in [6, 6.07) is 0. The minimum Gasteiger partial charge on any atom is -0.198 e. The Balaban J connectivity index is 2.30. The predicted molar refractivity (Wildman–Crippen MR) is 145 cm³/mol. The highest BCUT2D eigenvalue weighted by Gasteiger charge is 2.22. The van der Waals surface area contributed by atoms with Crippen molar-refractivity contribution >= 4 is 148 Å². The third-order valence-corrected chi connectivity index (χ3v) is 7.88. The van der Waals surface area contributed by atoms with Crippen LogP contribution in [0.15, 0.2) is 0 Å². The second-order valence-electron chi connectivity index (χ2n) is 7.46. The molecule has 0 aliphatic rings. The maximum absolute atomic E-state index is 6.10. The SMILES string of the molecule is Bc1c(B)c(B)c2c(sc3c(-c4nc(Cl)nc(Cl)n4)c(B)c(B)c(B)c32)c1B. The third-order valence-electron chi connectivity index (χ3n) is 6.22. The van der Waals surface area contributed by atoms with Gasteiger partial charge in [-0.15, -0.1) is 22.3 Å². The summed E-state index contributed by atoms with van der Waals surface area (Å²) < 4.78 is 2.52. The minimum atomic E-state index is 0.112. The number of aromatic nitrogens is 3. The topological polar surface area (TPSA) is 38.7 Å². The first-order chi connectivity index (χ1) is 13.1. The maximum Gasteiger partial charge on any atom is 0.227 e. The Labute approximate surface area is 184 Å². The van der Waals surface area contributed by atoms with Gasteiger partial charge in [0.1, 0.15) is 54.9 Å². The van der Waals surface area contributed by atoms with E-state index in [9.17, 15) is 0 Å². The van der Waals surface area contributed by atoms with E-state index in [1.807, 2.05) is 11.3 Å². The largest absolute Gasteiger partial charge is 0.227 e. The average molecular weight is 415 g/mol. The van der Waals surface area contributed by atoms with Gasteiger partial charge in [0.25, 0.3) is 0 Å². The van der Waals surface area contributed by atoms with Gasteiger partial charge in [0.2, 0.25) is 10.6 Å². The molecule has 0 N–H and O–H groups in total. The predicted octanol–water partition coefficient (Wildman–Crippen LogP) is -6.98. The highest BCUT2D eigenvalue weighted by Crippen LogP contribution is 2.35. The van der Waals surface area contributed by atoms with Gasteiger partial charge < -0.3 is 0 Å². The molecule has 0 saturated heterocycles. The minimum absolute atomic E-state index is 0.112. The molecule has 0 saturated carbocycles. The van der Waals surface area contributed by atoms with E-state index < -0.39 is 0 Å². The van der Waals surface area contributed by atoms with E-state index in [0.29, 0.717) is 5.82 Å². The lowest BCUT2D eigenvalue weighted by atomic mass is 9.64. The Morgan fingerprint density at radius 1 is 0.536 bits per heavy atom. The number of thiophene rings is 1. The molecule has 2 heterocycles. The molecule has 0 fully saturated rings. The number of nitrogens with zero attached hydrogens (tertiary/aromatic N) is 3. The fraction of sp³-hybridized carbons (Fsp3) is 0. The summed E-state index contributed by atoms with van der Waals surface area (Å²) in [5.41, 5.74) is 10.1.